The summed E-state index contributed by atoms with van der Waals surface area (Å²) >= 11 is 0. The van der Waals surface area contributed by atoms with Crippen LogP contribution in [-0.2, 0) is 0 Å². The number of fused-ring (bicyclic) bond motifs is 1. The van der Waals surface area contributed by atoms with Crippen LogP contribution in [0.15, 0.2) is 66.2 Å². The van der Waals surface area contributed by atoms with E-state index in [4.69, 9.17) is 4.74 Å². The van der Waals surface area contributed by atoms with Crippen molar-refractivity contribution >= 4 is 11.6 Å². The van der Waals surface area contributed by atoms with Gasteiger partial charge in [0.1, 0.15) is 23.2 Å². The van der Waals surface area contributed by atoms with E-state index >= 15 is 0 Å². The van der Waals surface area contributed by atoms with Crippen LogP contribution in [-0.4, -0.2) is 17.0 Å². The molecule has 1 heterocycles. The monoisotopic (exact) mass is 436 g/mol. The van der Waals surface area contributed by atoms with Crippen molar-refractivity contribution in [2.45, 2.75) is 51.2 Å². The van der Waals surface area contributed by atoms with E-state index in [-0.39, 0.29) is 29.8 Å². The molecule has 2 atom stereocenters. The molecular weight excluding hydrogens is 410 g/mol. The standard InChI is InChI=1S/C26H26F2N2O2/c1-16-29-24-14-13-22(32-21-11-9-20(28)10-12-21)15-23(24)26(31)30(16)25(17-3-2-4-17)18-5-7-19(27)8-6-18/h5-9,11,13-17,25,29H,2-4,10,12H2,1H3. The predicted molar refractivity (Wildman–Crippen MR) is 119 cm³/mol. The van der Waals surface area contributed by atoms with E-state index in [0.29, 0.717) is 35.8 Å². The maximum absolute atomic E-state index is 13.7. The number of benzene rings is 2. The summed E-state index contributed by atoms with van der Waals surface area (Å²) in [5, 5.41) is 3.44. The van der Waals surface area contributed by atoms with Gasteiger partial charge < -0.3 is 15.0 Å². The first-order valence-corrected chi connectivity index (χ1v) is 11.2. The third-order valence-corrected chi connectivity index (χ3v) is 6.65. The number of halogens is 2. The number of nitrogens with zero attached hydrogens (tertiary/aromatic N) is 1. The van der Waals surface area contributed by atoms with Crippen molar-refractivity contribution < 1.29 is 18.3 Å². The normalized spacial score (nSPS) is 21.7. The van der Waals surface area contributed by atoms with Gasteiger partial charge in [-0.1, -0.05) is 18.6 Å². The van der Waals surface area contributed by atoms with Gasteiger partial charge in [-0.3, -0.25) is 4.79 Å². The summed E-state index contributed by atoms with van der Waals surface area (Å²) in [6.07, 6.45) is 6.90. The lowest BCUT2D eigenvalue weighted by Gasteiger charge is -2.46. The zero-order valence-corrected chi connectivity index (χ0v) is 18.0. The van der Waals surface area contributed by atoms with E-state index in [1.54, 1.807) is 24.3 Å². The van der Waals surface area contributed by atoms with Gasteiger partial charge in [0.25, 0.3) is 5.91 Å². The summed E-state index contributed by atoms with van der Waals surface area (Å²) in [6.45, 7) is 1.98. The van der Waals surface area contributed by atoms with Crippen LogP contribution in [0.5, 0.6) is 5.75 Å². The number of rotatable bonds is 5. The highest BCUT2D eigenvalue weighted by Crippen LogP contribution is 2.44. The summed E-state index contributed by atoms with van der Waals surface area (Å²) in [4.78, 5) is 15.6. The van der Waals surface area contributed by atoms with Gasteiger partial charge in [-0.25, -0.2) is 8.78 Å². The molecule has 6 heteroatoms. The number of nitrogens with one attached hydrogen (secondary N) is 1. The van der Waals surface area contributed by atoms with Crippen molar-refractivity contribution in [2.75, 3.05) is 5.32 Å². The maximum Gasteiger partial charge on any atom is 0.258 e. The number of anilines is 1. The summed E-state index contributed by atoms with van der Waals surface area (Å²) < 4.78 is 32.8. The number of ether oxygens (including phenoxy) is 1. The first kappa shape index (κ1) is 20.7. The molecule has 1 saturated carbocycles. The minimum atomic E-state index is -0.281. The molecule has 2 unspecified atom stereocenters. The Morgan fingerprint density at radius 2 is 1.84 bits per heavy atom. The summed E-state index contributed by atoms with van der Waals surface area (Å²) in [7, 11) is 0. The highest BCUT2D eigenvalue weighted by atomic mass is 19.1. The number of amides is 1. The highest BCUT2D eigenvalue weighted by Gasteiger charge is 2.41. The van der Waals surface area contributed by atoms with Crippen LogP contribution in [0.25, 0.3) is 0 Å². The fraction of sp³-hybridized carbons (Fsp3) is 0.346. The Balaban J connectivity index is 1.46. The summed E-state index contributed by atoms with van der Waals surface area (Å²) in [5.74, 6) is 1.07. The third kappa shape index (κ3) is 3.90. The number of allylic oxidation sites excluding steroid dienone is 4. The van der Waals surface area contributed by atoms with Gasteiger partial charge in [0.15, 0.2) is 0 Å². The van der Waals surface area contributed by atoms with Crippen molar-refractivity contribution in [3.05, 3.63) is 83.1 Å². The largest absolute Gasteiger partial charge is 0.462 e. The Morgan fingerprint density at radius 1 is 1.06 bits per heavy atom. The molecule has 5 rings (SSSR count). The molecule has 1 aliphatic heterocycles. The Bertz CT molecular complexity index is 1090. The molecule has 2 aromatic carbocycles. The van der Waals surface area contributed by atoms with E-state index in [9.17, 15) is 13.6 Å². The molecule has 1 fully saturated rings. The number of carbonyl (C=O) groups is 1. The lowest BCUT2D eigenvalue weighted by molar-refractivity contribution is 0.0407. The van der Waals surface area contributed by atoms with Crippen LogP contribution in [0.2, 0.25) is 0 Å². The van der Waals surface area contributed by atoms with Gasteiger partial charge in [-0.2, -0.15) is 0 Å². The molecule has 0 saturated heterocycles. The van der Waals surface area contributed by atoms with Gasteiger partial charge in [0, 0.05) is 18.5 Å². The van der Waals surface area contributed by atoms with E-state index in [2.05, 4.69) is 5.32 Å². The molecule has 0 radical (unpaired) electrons. The van der Waals surface area contributed by atoms with Gasteiger partial charge >= 0.3 is 0 Å². The quantitative estimate of drug-likeness (QED) is 0.582. The molecule has 2 aliphatic carbocycles. The van der Waals surface area contributed by atoms with Crippen LogP contribution in [0.1, 0.15) is 61.0 Å². The molecule has 0 spiro atoms. The lowest BCUT2D eigenvalue weighted by atomic mass is 9.76. The van der Waals surface area contributed by atoms with E-state index in [0.717, 1.165) is 30.5 Å². The van der Waals surface area contributed by atoms with Crippen LogP contribution in [0.3, 0.4) is 0 Å². The zero-order valence-electron chi connectivity index (χ0n) is 18.0. The summed E-state index contributed by atoms with van der Waals surface area (Å²) in [5.41, 5.74) is 2.27. The Kier molecular flexibility index (Phi) is 5.45. The van der Waals surface area contributed by atoms with Crippen LogP contribution < -0.4 is 10.1 Å². The van der Waals surface area contributed by atoms with Gasteiger partial charge in [-0.05, 0) is 73.7 Å². The highest BCUT2D eigenvalue weighted by molar-refractivity contribution is 6.02. The first-order valence-electron chi connectivity index (χ1n) is 11.2. The SMILES string of the molecule is CC1Nc2ccc(OC3=CC=C(F)CC3)cc2C(=O)N1C(c1ccc(F)cc1)C1CCC1. The molecule has 4 nitrogen and oxygen atoms in total. The second kappa shape index (κ2) is 8.41. The number of hydrogen-bond donors (Lipinski definition) is 1. The predicted octanol–water partition coefficient (Wildman–Crippen LogP) is 6.49. The molecule has 3 aliphatic rings. The molecule has 1 N–H and O–H groups in total. The summed E-state index contributed by atoms with van der Waals surface area (Å²) in [6, 6.07) is 11.8. The molecule has 2 aromatic rings. The van der Waals surface area contributed by atoms with Crippen molar-refractivity contribution in [3.63, 3.8) is 0 Å². The van der Waals surface area contributed by atoms with Gasteiger partial charge in [0.05, 0.1) is 17.8 Å². The van der Waals surface area contributed by atoms with Crippen molar-refractivity contribution in [1.82, 2.24) is 4.90 Å². The van der Waals surface area contributed by atoms with Gasteiger partial charge in [-0.15, -0.1) is 0 Å². The molecule has 166 valence electrons. The number of hydrogen-bond acceptors (Lipinski definition) is 3. The average molecular weight is 437 g/mol. The van der Waals surface area contributed by atoms with E-state index < -0.39 is 0 Å². The van der Waals surface area contributed by atoms with Crippen LogP contribution >= 0.6 is 0 Å². The molecular formula is C26H26F2N2O2. The first-order chi connectivity index (χ1) is 15.5. The zero-order chi connectivity index (χ0) is 22.2. The fourth-order valence-corrected chi connectivity index (χ4v) is 4.77. The molecule has 0 aromatic heterocycles. The Morgan fingerprint density at radius 3 is 2.50 bits per heavy atom. The van der Waals surface area contributed by atoms with Crippen molar-refractivity contribution in [1.29, 1.82) is 0 Å². The fourth-order valence-electron chi connectivity index (χ4n) is 4.77. The maximum atomic E-state index is 13.7. The molecule has 1 amide bonds. The average Bonchev–Trinajstić information content (AvgIpc) is 2.74. The van der Waals surface area contributed by atoms with Crippen LogP contribution in [0.4, 0.5) is 14.5 Å². The molecule has 32 heavy (non-hydrogen) atoms. The van der Waals surface area contributed by atoms with Crippen LogP contribution in [0, 0.1) is 11.7 Å². The van der Waals surface area contributed by atoms with Crippen molar-refractivity contribution in [3.8, 4) is 5.75 Å². The Labute approximate surface area is 186 Å². The second-order valence-corrected chi connectivity index (χ2v) is 8.78. The molecule has 0 bridgehead atoms. The van der Waals surface area contributed by atoms with Crippen molar-refractivity contribution in [2.24, 2.45) is 5.92 Å². The Hall–Kier alpha value is -3.15. The minimum Gasteiger partial charge on any atom is -0.462 e. The lowest BCUT2D eigenvalue weighted by Crippen LogP contribution is -2.51. The second-order valence-electron chi connectivity index (χ2n) is 8.78. The third-order valence-electron chi connectivity index (χ3n) is 6.65. The smallest absolute Gasteiger partial charge is 0.258 e. The van der Waals surface area contributed by atoms with E-state index in [1.165, 1.54) is 18.2 Å². The minimum absolute atomic E-state index is 0.0681. The van der Waals surface area contributed by atoms with E-state index in [1.807, 2.05) is 24.0 Å². The van der Waals surface area contributed by atoms with Gasteiger partial charge in [0.2, 0.25) is 0 Å². The topological polar surface area (TPSA) is 41.6 Å². The number of carbonyl (C=O) groups excluding carboxylic acids is 1.